The second-order valence-corrected chi connectivity index (χ2v) is 2.98. The van der Waals surface area contributed by atoms with E-state index in [0.717, 1.165) is 0 Å². The van der Waals surface area contributed by atoms with E-state index in [0.29, 0.717) is 0 Å². The minimum atomic E-state index is -2.70. The summed E-state index contributed by atoms with van der Waals surface area (Å²) in [6, 6.07) is 0. The van der Waals surface area contributed by atoms with E-state index in [1.165, 1.54) is 6.92 Å². The van der Waals surface area contributed by atoms with Crippen LogP contribution in [0.2, 0.25) is 0 Å². The highest BCUT2D eigenvalue weighted by atomic mass is 31.1. The van der Waals surface area contributed by atoms with Gasteiger partial charge in [-0.25, -0.2) is 4.79 Å². The Morgan fingerprint density at radius 3 is 2.27 bits per heavy atom. The van der Waals surface area contributed by atoms with Gasteiger partial charge in [-0.1, -0.05) is 6.92 Å². The number of aliphatic carboxylic acids is 1. The van der Waals surface area contributed by atoms with Crippen molar-refractivity contribution in [2.75, 3.05) is 0 Å². The van der Waals surface area contributed by atoms with Gasteiger partial charge >= 0.3 is 5.97 Å². The van der Waals surface area contributed by atoms with Gasteiger partial charge in [0.05, 0.1) is 0 Å². The third-order valence-electron chi connectivity index (χ3n) is 1.16. The molecule has 0 aliphatic heterocycles. The number of carbonyl (C=O) groups is 1. The Hall–Kier alpha value is -0.480. The number of carboxylic acids is 1. The number of hydrogen-bond acceptors (Lipinski definition) is 4. The summed E-state index contributed by atoms with van der Waals surface area (Å²) in [6.07, 6.45) is -1.74. The fourth-order valence-electron chi connectivity index (χ4n) is 0.576. The minimum Gasteiger partial charge on any atom is -0.603 e. The second kappa shape index (κ2) is 4.41. The van der Waals surface area contributed by atoms with Gasteiger partial charge in [0.25, 0.3) is 0 Å². The molecular weight excluding hydrogens is 171 g/mol. The Labute approximate surface area is 64.5 Å². The number of rotatable bonds is 3. The summed E-state index contributed by atoms with van der Waals surface area (Å²) in [4.78, 5) is 28.9. The Morgan fingerprint density at radius 1 is 1.73 bits per heavy atom. The normalized spacial score (nSPS) is 15.6. The highest BCUT2D eigenvalue weighted by Gasteiger charge is 2.25. The van der Waals surface area contributed by atoms with Gasteiger partial charge in [-0.05, 0) is 0 Å². The molecule has 6 heteroatoms. The highest BCUT2D eigenvalue weighted by Crippen LogP contribution is 2.11. The lowest BCUT2D eigenvalue weighted by Gasteiger charge is -2.03. The van der Waals surface area contributed by atoms with Crippen molar-refractivity contribution >= 4 is 19.3 Å². The summed E-state index contributed by atoms with van der Waals surface area (Å²) in [7, 11) is -2.70. The third-order valence-corrected chi connectivity index (χ3v) is 2.21. The van der Waals surface area contributed by atoms with Gasteiger partial charge in [0, 0.05) is 6.42 Å². The zero-order valence-electron chi connectivity index (χ0n) is 5.89. The van der Waals surface area contributed by atoms with Crippen molar-refractivity contribution in [2.24, 2.45) is 0 Å². The molecule has 0 aromatic heterocycles. The van der Waals surface area contributed by atoms with Crippen molar-refractivity contribution in [1.82, 2.24) is 0 Å². The van der Waals surface area contributed by atoms with Gasteiger partial charge < -0.3 is 15.1 Å². The van der Waals surface area contributed by atoms with Crippen molar-refractivity contribution in [3.63, 3.8) is 0 Å². The molecule has 0 saturated carbocycles. The van der Waals surface area contributed by atoms with E-state index in [1.807, 2.05) is 0 Å². The molecule has 11 heavy (non-hydrogen) atoms. The number of aliphatic hydroxyl groups is 1. The van der Waals surface area contributed by atoms with Crippen LogP contribution < -0.4 is 4.89 Å². The summed E-state index contributed by atoms with van der Waals surface area (Å²) < 4.78 is 0. The van der Waals surface area contributed by atoms with Crippen molar-refractivity contribution in [2.45, 2.75) is 19.4 Å². The molecule has 0 fully saturated rings. The highest BCUT2D eigenvalue weighted by molar-refractivity contribution is 7.46. The van der Waals surface area contributed by atoms with Crippen LogP contribution in [-0.4, -0.2) is 32.5 Å². The number of hydrogen-bond donors (Lipinski definition) is 3. The molecule has 0 aliphatic carbocycles. The number of aliphatic hydroxyl groups excluding tert-OH is 1. The largest absolute Gasteiger partial charge is 0.603 e. The minimum absolute atomic E-state index is 0.0825. The van der Waals surface area contributed by atoms with Crippen LogP contribution in [0, 0.1) is 0 Å². The molecule has 0 aromatic carbocycles. The average Bonchev–Trinajstić information content (AvgIpc) is 1.88. The molecule has 64 valence electrons. The number of carboxylic acid groups (broad SMARTS) is 1. The zero-order valence-corrected chi connectivity index (χ0v) is 6.78. The molecule has 5 nitrogen and oxygen atoms in total. The van der Waals surface area contributed by atoms with Gasteiger partial charge in [0.15, 0.2) is 5.29 Å². The van der Waals surface area contributed by atoms with Crippen LogP contribution in [0.25, 0.3) is 0 Å². The van der Waals surface area contributed by atoms with Crippen molar-refractivity contribution in [3.8, 4) is 0 Å². The lowest BCUT2D eigenvalue weighted by atomic mass is 10.2. The van der Waals surface area contributed by atoms with E-state index in [-0.39, 0.29) is 11.7 Å². The van der Waals surface area contributed by atoms with Crippen LogP contribution in [0.4, 0.5) is 0 Å². The quantitative estimate of drug-likeness (QED) is 0.467. The molecule has 0 aliphatic rings. The van der Waals surface area contributed by atoms with Crippen LogP contribution in [0.1, 0.15) is 13.3 Å². The first-order valence-electron chi connectivity index (χ1n) is 2.93. The molecule has 0 bridgehead atoms. The van der Waals surface area contributed by atoms with Crippen LogP contribution in [0.15, 0.2) is 0 Å². The lowest BCUT2D eigenvalue weighted by molar-refractivity contribution is -0.168. The predicted octanol–water partition coefficient (Wildman–Crippen LogP) is -1.32. The molecule has 3 N–H and O–H groups in total. The van der Waals surface area contributed by atoms with E-state index in [2.05, 4.69) is 0 Å². The van der Waals surface area contributed by atoms with E-state index in [9.17, 15) is 9.69 Å². The van der Waals surface area contributed by atoms with Crippen molar-refractivity contribution < 1.29 is 24.8 Å². The molecule has 0 rings (SSSR count). The Balaban J connectivity index is 4.53. The SMILES string of the molecule is CC/C(C(O)C(=O)O)=[P+](/[O-])O. The summed E-state index contributed by atoms with van der Waals surface area (Å²) in [5.41, 5.74) is 0. The third kappa shape index (κ3) is 2.95. The molecular formula is C5H9O5P. The Bertz CT molecular complexity index is 183. The molecule has 0 radical (unpaired) electrons. The van der Waals surface area contributed by atoms with Gasteiger partial charge in [0.2, 0.25) is 14.1 Å². The van der Waals surface area contributed by atoms with E-state index in [4.69, 9.17) is 15.1 Å². The summed E-state index contributed by atoms with van der Waals surface area (Å²) >= 11 is 0. The van der Waals surface area contributed by atoms with Crippen LogP contribution in [0.5, 0.6) is 0 Å². The predicted molar refractivity (Wildman–Crippen MR) is 38.1 cm³/mol. The van der Waals surface area contributed by atoms with Crippen LogP contribution in [-0.2, 0) is 4.79 Å². The Morgan fingerprint density at radius 2 is 2.18 bits per heavy atom. The first kappa shape index (κ1) is 10.5. The van der Waals surface area contributed by atoms with E-state index < -0.39 is 20.1 Å². The van der Waals surface area contributed by atoms with E-state index in [1.54, 1.807) is 0 Å². The van der Waals surface area contributed by atoms with Crippen LogP contribution >= 0.6 is 8.00 Å². The summed E-state index contributed by atoms with van der Waals surface area (Å²) in [5.74, 6) is -1.50. The fraction of sp³-hybridized carbons (Fsp3) is 0.600. The fourth-order valence-corrected chi connectivity index (χ4v) is 1.17. The maximum absolute atomic E-state index is 10.4. The van der Waals surface area contributed by atoms with Gasteiger partial charge in [-0.3, -0.25) is 0 Å². The standard InChI is InChI=1S/C5H9O5P/c1-2-3(11(9)10)4(6)5(7)8/h4,6H,2H2,1H3,(H,7,8)(H,9,10). The van der Waals surface area contributed by atoms with E-state index >= 15 is 0 Å². The lowest BCUT2D eigenvalue weighted by Crippen LogP contribution is -2.29. The van der Waals surface area contributed by atoms with Gasteiger partial charge in [0.1, 0.15) is 0 Å². The second-order valence-electron chi connectivity index (χ2n) is 1.86. The summed E-state index contributed by atoms with van der Waals surface area (Å²) in [6.45, 7) is 1.50. The topological polar surface area (TPSA) is 101 Å². The molecule has 2 atom stereocenters. The smallest absolute Gasteiger partial charge is 0.341 e. The first-order valence-corrected chi connectivity index (χ1v) is 4.14. The summed E-state index contributed by atoms with van der Waals surface area (Å²) in [5, 5.41) is 16.7. The van der Waals surface area contributed by atoms with Gasteiger partial charge in [-0.2, -0.15) is 4.89 Å². The van der Waals surface area contributed by atoms with Crippen molar-refractivity contribution in [1.29, 1.82) is 0 Å². The maximum Gasteiger partial charge on any atom is 0.341 e. The van der Waals surface area contributed by atoms with Crippen LogP contribution in [0.3, 0.4) is 0 Å². The molecule has 0 heterocycles. The van der Waals surface area contributed by atoms with Gasteiger partial charge in [-0.15, -0.1) is 0 Å². The zero-order chi connectivity index (χ0) is 9.02. The molecule has 2 unspecified atom stereocenters. The Kier molecular flexibility index (Phi) is 4.22. The average molecular weight is 180 g/mol. The monoisotopic (exact) mass is 180 g/mol. The molecule has 0 aromatic rings. The van der Waals surface area contributed by atoms with Crippen molar-refractivity contribution in [3.05, 3.63) is 0 Å². The maximum atomic E-state index is 10.4. The first-order chi connectivity index (χ1) is 5.00. The molecule has 0 amide bonds. The molecule has 0 saturated heterocycles. The molecule has 0 spiro atoms.